The fourth-order valence-electron chi connectivity index (χ4n) is 1.43. The largest absolute Gasteiger partial charge is 0.505 e. The molecule has 0 saturated carbocycles. The molecule has 0 aromatic carbocycles. The number of carboxylic acid groups (broad SMARTS) is 1. The van der Waals surface area contributed by atoms with E-state index in [9.17, 15) is 14.7 Å². The van der Waals surface area contributed by atoms with Crippen LogP contribution in [0.5, 0.6) is 0 Å². The second-order valence-corrected chi connectivity index (χ2v) is 3.24. The van der Waals surface area contributed by atoms with Crippen molar-refractivity contribution in [2.45, 2.75) is 18.5 Å². The van der Waals surface area contributed by atoms with Crippen LogP contribution in [0, 0.1) is 0 Å². The van der Waals surface area contributed by atoms with Gasteiger partial charge < -0.3 is 29.5 Å². The van der Waals surface area contributed by atoms with Gasteiger partial charge in [0.15, 0.2) is 11.9 Å². The molecule has 0 aliphatic carbocycles. The summed E-state index contributed by atoms with van der Waals surface area (Å²) in [6.07, 6.45) is -3.63. The number of carbonyl (C=O) groups is 2. The van der Waals surface area contributed by atoms with E-state index in [1.165, 1.54) is 0 Å². The second-order valence-electron chi connectivity index (χ2n) is 3.24. The van der Waals surface area contributed by atoms with Crippen LogP contribution < -0.4 is 0 Å². The molecule has 2 heterocycles. The first-order valence-electron chi connectivity index (χ1n) is 4.33. The highest BCUT2D eigenvalue weighted by Gasteiger charge is 2.45. The molecule has 0 spiro atoms. The van der Waals surface area contributed by atoms with E-state index >= 15 is 0 Å². The maximum absolute atomic E-state index is 10.9. The number of ether oxygens (including phenoxy) is 3. The van der Waals surface area contributed by atoms with Gasteiger partial charge in [0.1, 0.15) is 6.10 Å². The second kappa shape index (κ2) is 3.65. The molecule has 3 atom stereocenters. The smallest absolute Gasteiger partial charge is 0.377 e. The van der Waals surface area contributed by atoms with Gasteiger partial charge in [-0.15, -0.1) is 0 Å². The quantitative estimate of drug-likeness (QED) is 0.521. The summed E-state index contributed by atoms with van der Waals surface area (Å²) in [6, 6.07) is 0. The minimum absolute atomic E-state index is 0.160. The Morgan fingerprint density at radius 1 is 1.38 bits per heavy atom. The molecule has 0 bridgehead atoms. The first kappa shape index (κ1) is 10.7. The molecule has 88 valence electrons. The molecule has 0 amide bonds. The zero-order valence-electron chi connectivity index (χ0n) is 7.82. The van der Waals surface area contributed by atoms with Gasteiger partial charge >= 0.3 is 11.9 Å². The highest BCUT2D eigenvalue weighted by Crippen LogP contribution is 2.27. The normalized spacial score (nSPS) is 34.2. The summed E-state index contributed by atoms with van der Waals surface area (Å²) in [4.78, 5) is 21.4. The van der Waals surface area contributed by atoms with E-state index in [1.54, 1.807) is 0 Å². The molecule has 16 heavy (non-hydrogen) atoms. The monoisotopic (exact) mass is 232 g/mol. The summed E-state index contributed by atoms with van der Waals surface area (Å²) < 4.78 is 14.2. The number of esters is 1. The van der Waals surface area contributed by atoms with Gasteiger partial charge in [0, 0.05) is 0 Å². The molecule has 2 aliphatic rings. The third kappa shape index (κ3) is 1.57. The van der Waals surface area contributed by atoms with E-state index in [1.807, 2.05) is 0 Å². The van der Waals surface area contributed by atoms with Gasteiger partial charge in [0.2, 0.25) is 5.76 Å². The minimum atomic E-state index is -1.46. The van der Waals surface area contributed by atoms with Crippen LogP contribution in [-0.4, -0.2) is 52.4 Å². The van der Waals surface area contributed by atoms with E-state index in [4.69, 9.17) is 19.7 Å². The number of hydrogen-bond donors (Lipinski definition) is 3. The molecule has 8 heteroatoms. The molecule has 0 aromatic rings. The zero-order chi connectivity index (χ0) is 11.9. The standard InChI is InChI=1S/C8H8O8/c9-3-4(10)7(13)16-5(3)2-1-14-8(15-2)6(11)12/h2,5,8-10H,1H2,(H,11,12)/t2-,5+,8?/m0/s1. The van der Waals surface area contributed by atoms with E-state index < -0.39 is 42.0 Å². The van der Waals surface area contributed by atoms with Crippen LogP contribution in [0.2, 0.25) is 0 Å². The molecular formula is C8H8O8. The Labute approximate surface area is 88.6 Å². The van der Waals surface area contributed by atoms with Crippen molar-refractivity contribution in [1.29, 1.82) is 0 Å². The van der Waals surface area contributed by atoms with Gasteiger partial charge in [-0.05, 0) is 0 Å². The van der Waals surface area contributed by atoms with Gasteiger partial charge in [0.25, 0.3) is 6.29 Å². The fraction of sp³-hybridized carbons (Fsp3) is 0.500. The van der Waals surface area contributed by atoms with Crippen molar-refractivity contribution in [2.75, 3.05) is 6.61 Å². The lowest BCUT2D eigenvalue weighted by atomic mass is 10.2. The van der Waals surface area contributed by atoms with Crippen LogP contribution in [0.25, 0.3) is 0 Å². The van der Waals surface area contributed by atoms with Gasteiger partial charge in [0.05, 0.1) is 6.61 Å². The summed E-state index contributed by atoms with van der Waals surface area (Å²) in [6.45, 7) is -0.160. The Bertz CT molecular complexity index is 372. The molecule has 2 aliphatic heterocycles. The van der Waals surface area contributed by atoms with Crippen molar-refractivity contribution in [3.05, 3.63) is 11.5 Å². The number of aliphatic carboxylic acids is 1. The van der Waals surface area contributed by atoms with E-state index in [2.05, 4.69) is 4.74 Å². The first-order chi connectivity index (χ1) is 7.50. The van der Waals surface area contributed by atoms with E-state index in [0.717, 1.165) is 0 Å². The summed E-state index contributed by atoms with van der Waals surface area (Å²) in [5, 5.41) is 26.9. The van der Waals surface area contributed by atoms with Gasteiger partial charge in [-0.2, -0.15) is 0 Å². The Kier molecular flexibility index (Phi) is 2.44. The van der Waals surface area contributed by atoms with Crippen LogP contribution in [-0.2, 0) is 23.8 Å². The number of rotatable bonds is 2. The van der Waals surface area contributed by atoms with Gasteiger partial charge in [-0.1, -0.05) is 0 Å². The molecule has 0 radical (unpaired) electrons. The SMILES string of the molecule is O=C1O[C@H]([C@@H]2COC(C(=O)O)O2)C(O)=C1O. The predicted octanol–water partition coefficient (Wildman–Crippen LogP) is -0.934. The van der Waals surface area contributed by atoms with Crippen molar-refractivity contribution in [3.8, 4) is 0 Å². The number of hydrogen-bond acceptors (Lipinski definition) is 7. The molecular weight excluding hydrogens is 224 g/mol. The maximum Gasteiger partial charge on any atom is 0.377 e. The van der Waals surface area contributed by atoms with Crippen molar-refractivity contribution < 1.29 is 39.1 Å². The van der Waals surface area contributed by atoms with Crippen molar-refractivity contribution in [2.24, 2.45) is 0 Å². The molecule has 2 rings (SSSR count). The summed E-state index contributed by atoms with van der Waals surface area (Å²) >= 11 is 0. The van der Waals surface area contributed by atoms with Crippen molar-refractivity contribution >= 4 is 11.9 Å². The van der Waals surface area contributed by atoms with Gasteiger partial charge in [-0.3, -0.25) is 0 Å². The van der Waals surface area contributed by atoms with Crippen LogP contribution in [0.3, 0.4) is 0 Å². The molecule has 3 N–H and O–H groups in total. The van der Waals surface area contributed by atoms with Crippen LogP contribution in [0.4, 0.5) is 0 Å². The van der Waals surface area contributed by atoms with Crippen molar-refractivity contribution in [3.63, 3.8) is 0 Å². The summed E-state index contributed by atoms with van der Waals surface area (Å²) in [5.41, 5.74) is 0. The number of carbonyl (C=O) groups excluding carboxylic acids is 1. The Balaban J connectivity index is 2.07. The first-order valence-corrected chi connectivity index (χ1v) is 4.33. The number of aliphatic hydroxyl groups is 2. The number of cyclic esters (lactones) is 1. The zero-order valence-corrected chi connectivity index (χ0v) is 7.82. The molecule has 1 saturated heterocycles. The lowest BCUT2D eigenvalue weighted by molar-refractivity contribution is -0.170. The van der Waals surface area contributed by atoms with Crippen LogP contribution in [0.15, 0.2) is 11.5 Å². The molecule has 8 nitrogen and oxygen atoms in total. The van der Waals surface area contributed by atoms with Crippen molar-refractivity contribution in [1.82, 2.24) is 0 Å². The van der Waals surface area contributed by atoms with Crippen LogP contribution in [0.1, 0.15) is 0 Å². The molecule has 0 aromatic heterocycles. The summed E-state index contributed by atoms with van der Waals surface area (Å²) in [5.74, 6) is -3.97. The van der Waals surface area contributed by atoms with E-state index in [0.29, 0.717) is 0 Å². The Morgan fingerprint density at radius 3 is 2.50 bits per heavy atom. The average molecular weight is 232 g/mol. The minimum Gasteiger partial charge on any atom is -0.505 e. The fourth-order valence-corrected chi connectivity index (χ4v) is 1.43. The predicted molar refractivity (Wildman–Crippen MR) is 44.4 cm³/mol. The number of aliphatic hydroxyl groups excluding tert-OH is 2. The number of carboxylic acids is 1. The third-order valence-corrected chi connectivity index (χ3v) is 2.19. The molecule has 1 unspecified atom stereocenters. The van der Waals surface area contributed by atoms with Gasteiger partial charge in [-0.25, -0.2) is 9.59 Å². The molecule has 1 fully saturated rings. The summed E-state index contributed by atoms with van der Waals surface area (Å²) in [7, 11) is 0. The average Bonchev–Trinajstić information content (AvgIpc) is 2.79. The van der Waals surface area contributed by atoms with Crippen LogP contribution >= 0.6 is 0 Å². The Hall–Kier alpha value is -1.80. The topological polar surface area (TPSA) is 123 Å². The lowest BCUT2D eigenvalue weighted by Crippen LogP contribution is -2.32. The lowest BCUT2D eigenvalue weighted by Gasteiger charge is -2.15. The maximum atomic E-state index is 10.9. The highest BCUT2D eigenvalue weighted by molar-refractivity contribution is 5.89. The Morgan fingerprint density at radius 2 is 2.06 bits per heavy atom. The highest BCUT2D eigenvalue weighted by atomic mass is 16.7. The van der Waals surface area contributed by atoms with E-state index in [-0.39, 0.29) is 6.61 Å². The third-order valence-electron chi connectivity index (χ3n) is 2.19.